The van der Waals surface area contributed by atoms with E-state index in [0.29, 0.717) is 6.54 Å². The molecule has 0 bridgehead atoms. The van der Waals surface area contributed by atoms with E-state index in [-0.39, 0.29) is 0 Å². The van der Waals surface area contributed by atoms with Crippen molar-refractivity contribution in [3.05, 3.63) is 29.5 Å². The van der Waals surface area contributed by atoms with Gasteiger partial charge in [-0.25, -0.2) is 4.98 Å². The highest BCUT2D eigenvalue weighted by Crippen LogP contribution is 2.33. The summed E-state index contributed by atoms with van der Waals surface area (Å²) in [6.07, 6.45) is 0. The Kier molecular flexibility index (Phi) is 3.39. The molecular formula is C14H19N3O. The lowest BCUT2D eigenvalue weighted by molar-refractivity contribution is 0.418. The number of methoxy groups -OCH3 is 1. The van der Waals surface area contributed by atoms with Crippen molar-refractivity contribution >= 4 is 16.6 Å². The smallest absolute Gasteiger partial charge is 0.145 e. The quantitative estimate of drug-likeness (QED) is 0.899. The largest absolute Gasteiger partial charge is 0.494 e. The Hall–Kier alpha value is -1.81. The molecule has 0 spiro atoms. The normalized spacial score (nSPS) is 10.7. The van der Waals surface area contributed by atoms with Gasteiger partial charge in [-0.15, -0.1) is 0 Å². The van der Waals surface area contributed by atoms with Gasteiger partial charge in [-0.1, -0.05) is 6.07 Å². The van der Waals surface area contributed by atoms with E-state index in [1.165, 1.54) is 5.56 Å². The van der Waals surface area contributed by atoms with Gasteiger partial charge in [0.2, 0.25) is 0 Å². The van der Waals surface area contributed by atoms with Crippen LogP contribution in [0.5, 0.6) is 5.75 Å². The van der Waals surface area contributed by atoms with E-state index in [4.69, 9.17) is 10.5 Å². The van der Waals surface area contributed by atoms with Crippen LogP contribution >= 0.6 is 0 Å². The van der Waals surface area contributed by atoms with Crippen LogP contribution < -0.4 is 15.4 Å². The molecule has 2 aromatic rings. The lowest BCUT2D eigenvalue weighted by Gasteiger charge is -2.19. The summed E-state index contributed by atoms with van der Waals surface area (Å²) in [4.78, 5) is 6.67. The summed E-state index contributed by atoms with van der Waals surface area (Å²) in [5.74, 6) is 0.786. The van der Waals surface area contributed by atoms with Gasteiger partial charge in [-0.3, -0.25) is 0 Å². The zero-order chi connectivity index (χ0) is 13.3. The first-order chi connectivity index (χ1) is 8.58. The zero-order valence-corrected chi connectivity index (χ0v) is 11.3. The van der Waals surface area contributed by atoms with Gasteiger partial charge in [0.05, 0.1) is 12.8 Å². The molecule has 2 N–H and O–H groups in total. The van der Waals surface area contributed by atoms with Crippen molar-refractivity contribution in [1.29, 1.82) is 0 Å². The molecule has 0 radical (unpaired) electrons. The number of rotatable bonds is 3. The lowest BCUT2D eigenvalue weighted by atomic mass is 10.1. The number of ether oxygens (including phenoxy) is 1. The van der Waals surface area contributed by atoms with Crippen LogP contribution in [0.3, 0.4) is 0 Å². The number of anilines is 1. The number of fused-ring (bicyclic) bond motifs is 1. The number of nitrogens with two attached hydrogens (primary N) is 1. The summed E-state index contributed by atoms with van der Waals surface area (Å²) in [6, 6.07) is 6.04. The summed E-state index contributed by atoms with van der Waals surface area (Å²) >= 11 is 0. The maximum atomic E-state index is 5.72. The Labute approximate surface area is 107 Å². The highest BCUT2D eigenvalue weighted by atomic mass is 16.5. The van der Waals surface area contributed by atoms with Crippen LogP contribution in [0.2, 0.25) is 0 Å². The Morgan fingerprint density at radius 3 is 2.61 bits per heavy atom. The molecule has 0 aliphatic rings. The van der Waals surface area contributed by atoms with Gasteiger partial charge in [-0.2, -0.15) is 0 Å². The third-order valence-electron chi connectivity index (χ3n) is 3.07. The molecule has 4 nitrogen and oxygen atoms in total. The number of aromatic nitrogens is 1. The lowest BCUT2D eigenvalue weighted by Crippen LogP contribution is -2.12. The average Bonchev–Trinajstić information content (AvgIpc) is 2.37. The van der Waals surface area contributed by atoms with E-state index in [9.17, 15) is 0 Å². The minimum Gasteiger partial charge on any atom is -0.494 e. The molecule has 0 saturated heterocycles. The Balaban J connectivity index is 2.89. The van der Waals surface area contributed by atoms with Crippen LogP contribution in [0, 0.1) is 6.92 Å². The van der Waals surface area contributed by atoms with Crippen molar-refractivity contribution in [3.8, 4) is 5.75 Å². The monoisotopic (exact) mass is 245 g/mol. The van der Waals surface area contributed by atoms with Gasteiger partial charge in [0.15, 0.2) is 0 Å². The van der Waals surface area contributed by atoms with E-state index < -0.39 is 0 Å². The molecule has 1 heterocycles. The number of hydrogen-bond donors (Lipinski definition) is 1. The summed E-state index contributed by atoms with van der Waals surface area (Å²) in [5, 5.41) is 1.12. The van der Waals surface area contributed by atoms with Crippen molar-refractivity contribution < 1.29 is 4.74 Å². The molecule has 0 atom stereocenters. The van der Waals surface area contributed by atoms with Gasteiger partial charge >= 0.3 is 0 Å². The summed E-state index contributed by atoms with van der Waals surface area (Å²) in [6.45, 7) is 2.51. The fraction of sp³-hybridized carbons (Fsp3) is 0.357. The number of pyridine rings is 1. The van der Waals surface area contributed by atoms with Crippen LogP contribution in [0.1, 0.15) is 11.3 Å². The minimum atomic E-state index is 0.424. The van der Waals surface area contributed by atoms with E-state index in [2.05, 4.69) is 22.9 Å². The molecule has 0 fully saturated rings. The van der Waals surface area contributed by atoms with Crippen molar-refractivity contribution in [2.24, 2.45) is 5.73 Å². The fourth-order valence-corrected chi connectivity index (χ4v) is 2.14. The Morgan fingerprint density at radius 1 is 1.33 bits per heavy atom. The Bertz CT molecular complexity index is 579. The molecule has 18 heavy (non-hydrogen) atoms. The number of aryl methyl sites for hydroxylation is 1. The minimum absolute atomic E-state index is 0.424. The summed E-state index contributed by atoms with van der Waals surface area (Å²) in [5.41, 5.74) is 9.77. The van der Waals surface area contributed by atoms with Gasteiger partial charge in [-0.05, 0) is 24.6 Å². The molecule has 96 valence electrons. The predicted molar refractivity (Wildman–Crippen MR) is 75.3 cm³/mol. The highest BCUT2D eigenvalue weighted by molar-refractivity contribution is 5.97. The van der Waals surface area contributed by atoms with Gasteiger partial charge in [0, 0.05) is 31.7 Å². The second kappa shape index (κ2) is 4.82. The molecular weight excluding hydrogens is 226 g/mol. The van der Waals surface area contributed by atoms with Crippen LogP contribution in [0.4, 0.5) is 5.69 Å². The van der Waals surface area contributed by atoms with Crippen LogP contribution in [-0.2, 0) is 6.54 Å². The van der Waals surface area contributed by atoms with E-state index >= 15 is 0 Å². The molecule has 1 aromatic carbocycles. The topological polar surface area (TPSA) is 51.4 Å². The number of nitrogens with zero attached hydrogens (tertiary/aromatic N) is 2. The van der Waals surface area contributed by atoms with Gasteiger partial charge in [0.1, 0.15) is 11.3 Å². The third-order valence-corrected chi connectivity index (χ3v) is 3.07. The highest BCUT2D eigenvalue weighted by Gasteiger charge is 2.13. The molecule has 0 amide bonds. The first-order valence-corrected chi connectivity index (χ1v) is 5.93. The van der Waals surface area contributed by atoms with Crippen molar-refractivity contribution in [1.82, 2.24) is 4.98 Å². The second-order valence-corrected chi connectivity index (χ2v) is 4.54. The standard InChI is InChI=1S/C14H19N3O/c1-9-5-6-12(18-4)14-13(9)11(17(2)3)7-10(8-15)16-14/h5-7H,8,15H2,1-4H3. The molecule has 0 unspecified atom stereocenters. The first-order valence-electron chi connectivity index (χ1n) is 5.93. The predicted octanol–water partition coefficient (Wildman–Crippen LogP) is 2.08. The average molecular weight is 245 g/mol. The fourth-order valence-electron chi connectivity index (χ4n) is 2.14. The van der Waals surface area contributed by atoms with Gasteiger partial charge < -0.3 is 15.4 Å². The maximum absolute atomic E-state index is 5.72. The van der Waals surface area contributed by atoms with E-state index in [0.717, 1.165) is 28.0 Å². The second-order valence-electron chi connectivity index (χ2n) is 4.54. The van der Waals surface area contributed by atoms with Crippen molar-refractivity contribution in [3.63, 3.8) is 0 Å². The van der Waals surface area contributed by atoms with Crippen LogP contribution in [0.15, 0.2) is 18.2 Å². The molecule has 0 aliphatic heterocycles. The van der Waals surface area contributed by atoms with Crippen LogP contribution in [0.25, 0.3) is 10.9 Å². The zero-order valence-electron chi connectivity index (χ0n) is 11.3. The first kappa shape index (κ1) is 12.6. The van der Waals surface area contributed by atoms with E-state index in [1.807, 2.05) is 26.2 Å². The van der Waals surface area contributed by atoms with Crippen molar-refractivity contribution in [2.75, 3.05) is 26.1 Å². The van der Waals surface area contributed by atoms with Gasteiger partial charge in [0.25, 0.3) is 0 Å². The third kappa shape index (κ3) is 1.99. The summed E-state index contributed by atoms with van der Waals surface area (Å²) in [7, 11) is 5.71. The molecule has 0 saturated carbocycles. The number of benzene rings is 1. The molecule has 0 aliphatic carbocycles. The van der Waals surface area contributed by atoms with Crippen LogP contribution in [-0.4, -0.2) is 26.2 Å². The molecule has 2 rings (SSSR count). The molecule has 4 heteroatoms. The maximum Gasteiger partial charge on any atom is 0.145 e. The number of hydrogen-bond acceptors (Lipinski definition) is 4. The summed E-state index contributed by atoms with van der Waals surface area (Å²) < 4.78 is 5.39. The van der Waals surface area contributed by atoms with E-state index in [1.54, 1.807) is 7.11 Å². The van der Waals surface area contributed by atoms with Crippen molar-refractivity contribution in [2.45, 2.75) is 13.5 Å². The molecule has 1 aromatic heterocycles. The SMILES string of the molecule is COc1ccc(C)c2c(N(C)C)cc(CN)nc12. The Morgan fingerprint density at radius 2 is 2.06 bits per heavy atom.